The average molecular weight is 171 g/mol. The highest BCUT2D eigenvalue weighted by atomic mass is 15.1. The van der Waals surface area contributed by atoms with Gasteiger partial charge in [-0.15, -0.1) is 0 Å². The van der Waals surface area contributed by atoms with Crippen LogP contribution in [0.2, 0.25) is 0 Å². The van der Waals surface area contributed by atoms with Gasteiger partial charge in [-0.05, 0) is 18.1 Å². The Bertz CT molecular complexity index is 310. The third-order valence-corrected chi connectivity index (χ3v) is 2.15. The summed E-state index contributed by atoms with van der Waals surface area (Å²) in [5.41, 5.74) is 1.21. The molecule has 0 aliphatic carbocycles. The van der Waals surface area contributed by atoms with Crippen LogP contribution in [0.25, 0.3) is 0 Å². The van der Waals surface area contributed by atoms with E-state index in [9.17, 15) is 0 Å². The minimum atomic E-state index is 0.556. The fourth-order valence-electron chi connectivity index (χ4n) is 1.34. The van der Waals surface area contributed by atoms with E-state index in [1.807, 2.05) is 6.07 Å². The lowest BCUT2D eigenvalue weighted by atomic mass is 10.1. The highest BCUT2D eigenvalue weighted by Gasteiger charge is 2.02. The molecule has 0 N–H and O–H groups in total. The largest absolute Gasteiger partial charge is 0.324 e. The third-order valence-electron chi connectivity index (χ3n) is 2.15. The summed E-state index contributed by atoms with van der Waals surface area (Å²) in [6, 6.07) is 10.3. The van der Waals surface area contributed by atoms with Gasteiger partial charge in [0.05, 0.1) is 0 Å². The van der Waals surface area contributed by atoms with E-state index in [1.165, 1.54) is 5.69 Å². The van der Waals surface area contributed by atoms with Gasteiger partial charge in [0.1, 0.15) is 0 Å². The van der Waals surface area contributed by atoms with Crippen LogP contribution in [0.4, 0.5) is 5.69 Å². The maximum atomic E-state index is 2.19. The van der Waals surface area contributed by atoms with Crippen LogP contribution in [0, 0.1) is 5.92 Å². The Labute approximate surface area is 79.0 Å². The number of hydrogen-bond acceptors (Lipinski definition) is 1. The lowest BCUT2D eigenvalue weighted by Gasteiger charge is -2.19. The second-order valence-corrected chi connectivity index (χ2v) is 3.28. The number of allylic oxidation sites excluding steroid dienone is 2. The van der Waals surface area contributed by atoms with Gasteiger partial charge in [0.2, 0.25) is 0 Å². The van der Waals surface area contributed by atoms with E-state index >= 15 is 0 Å². The standard InChI is InChI=1S/C12H13N/c1-11-7-9-13(10-8-11)12-5-3-2-4-6-12/h2-11H,1H3. The number of nitrogens with zero attached hydrogens (tertiary/aromatic N) is 1. The molecule has 13 heavy (non-hydrogen) atoms. The van der Waals surface area contributed by atoms with Gasteiger partial charge in [-0.25, -0.2) is 0 Å². The lowest BCUT2D eigenvalue weighted by Crippen LogP contribution is -2.10. The molecule has 66 valence electrons. The number of para-hydroxylation sites is 1. The van der Waals surface area contributed by atoms with E-state index in [-0.39, 0.29) is 0 Å². The lowest BCUT2D eigenvalue weighted by molar-refractivity contribution is 0.907. The van der Waals surface area contributed by atoms with Crippen LogP contribution >= 0.6 is 0 Å². The van der Waals surface area contributed by atoms with Crippen molar-refractivity contribution in [2.24, 2.45) is 5.92 Å². The van der Waals surface area contributed by atoms with Crippen LogP contribution in [-0.2, 0) is 0 Å². The molecule has 0 unspecified atom stereocenters. The first kappa shape index (κ1) is 8.11. The molecule has 2 rings (SSSR count). The van der Waals surface area contributed by atoms with Crippen LogP contribution in [0.5, 0.6) is 0 Å². The minimum Gasteiger partial charge on any atom is -0.324 e. The molecular weight excluding hydrogens is 158 g/mol. The Morgan fingerprint density at radius 2 is 1.62 bits per heavy atom. The highest BCUT2D eigenvalue weighted by Crippen LogP contribution is 2.18. The molecule has 0 bridgehead atoms. The van der Waals surface area contributed by atoms with Gasteiger partial charge in [-0.3, -0.25) is 0 Å². The Hall–Kier alpha value is -1.50. The van der Waals surface area contributed by atoms with Crippen molar-refractivity contribution in [3.63, 3.8) is 0 Å². The molecule has 0 radical (unpaired) electrons. The molecule has 0 fully saturated rings. The summed E-state index contributed by atoms with van der Waals surface area (Å²) in [6.45, 7) is 2.18. The van der Waals surface area contributed by atoms with Crippen molar-refractivity contribution < 1.29 is 0 Å². The average Bonchev–Trinajstić information content (AvgIpc) is 2.20. The molecule has 1 heteroatoms. The molecule has 0 saturated heterocycles. The second-order valence-electron chi connectivity index (χ2n) is 3.28. The molecule has 1 heterocycles. The van der Waals surface area contributed by atoms with Crippen molar-refractivity contribution in [3.05, 3.63) is 54.9 Å². The smallest absolute Gasteiger partial charge is 0.0449 e. The first-order valence-electron chi connectivity index (χ1n) is 4.56. The van der Waals surface area contributed by atoms with Crippen LogP contribution in [0.15, 0.2) is 54.9 Å². The Morgan fingerprint density at radius 3 is 2.23 bits per heavy atom. The summed E-state index contributed by atoms with van der Waals surface area (Å²) in [5.74, 6) is 0.556. The quantitative estimate of drug-likeness (QED) is 0.627. The molecule has 0 aromatic heterocycles. The molecule has 0 spiro atoms. The summed E-state index contributed by atoms with van der Waals surface area (Å²) >= 11 is 0. The Balaban J connectivity index is 2.20. The normalized spacial score (nSPS) is 16.5. The molecule has 1 aromatic rings. The van der Waals surface area contributed by atoms with Crippen LogP contribution in [0.3, 0.4) is 0 Å². The predicted octanol–water partition coefficient (Wildman–Crippen LogP) is 3.17. The van der Waals surface area contributed by atoms with Crippen molar-refractivity contribution in [2.45, 2.75) is 6.92 Å². The van der Waals surface area contributed by atoms with E-state index in [0.717, 1.165) is 0 Å². The van der Waals surface area contributed by atoms with Crippen molar-refractivity contribution in [1.29, 1.82) is 0 Å². The zero-order valence-electron chi connectivity index (χ0n) is 7.72. The Kier molecular flexibility index (Phi) is 2.17. The van der Waals surface area contributed by atoms with E-state index in [2.05, 4.69) is 60.6 Å². The maximum absolute atomic E-state index is 2.19. The second kappa shape index (κ2) is 3.48. The SMILES string of the molecule is CC1C=CN(c2ccccc2)C=C1. The summed E-state index contributed by atoms with van der Waals surface area (Å²) in [5, 5.41) is 0. The zero-order chi connectivity index (χ0) is 9.10. The molecule has 1 aliphatic heterocycles. The minimum absolute atomic E-state index is 0.556. The van der Waals surface area contributed by atoms with Crippen molar-refractivity contribution in [2.75, 3.05) is 4.90 Å². The molecule has 0 saturated carbocycles. The fraction of sp³-hybridized carbons (Fsp3) is 0.167. The summed E-state index contributed by atoms with van der Waals surface area (Å²) in [4.78, 5) is 2.12. The van der Waals surface area contributed by atoms with Gasteiger partial charge in [-0.2, -0.15) is 0 Å². The molecule has 1 nitrogen and oxygen atoms in total. The van der Waals surface area contributed by atoms with Gasteiger partial charge in [-0.1, -0.05) is 37.3 Å². The number of anilines is 1. The molecule has 1 aliphatic rings. The molecule has 0 atom stereocenters. The summed E-state index contributed by atoms with van der Waals surface area (Å²) in [6.07, 6.45) is 8.60. The van der Waals surface area contributed by atoms with E-state index in [1.54, 1.807) is 0 Å². The van der Waals surface area contributed by atoms with E-state index in [4.69, 9.17) is 0 Å². The monoisotopic (exact) mass is 171 g/mol. The van der Waals surface area contributed by atoms with Crippen LogP contribution in [-0.4, -0.2) is 0 Å². The van der Waals surface area contributed by atoms with E-state index in [0.29, 0.717) is 5.92 Å². The fourth-order valence-corrected chi connectivity index (χ4v) is 1.34. The number of rotatable bonds is 1. The van der Waals surface area contributed by atoms with Crippen LogP contribution < -0.4 is 4.90 Å². The zero-order valence-corrected chi connectivity index (χ0v) is 7.72. The van der Waals surface area contributed by atoms with Crippen molar-refractivity contribution in [3.8, 4) is 0 Å². The van der Waals surface area contributed by atoms with Gasteiger partial charge in [0.25, 0.3) is 0 Å². The van der Waals surface area contributed by atoms with Crippen molar-refractivity contribution >= 4 is 5.69 Å². The maximum Gasteiger partial charge on any atom is 0.0449 e. The van der Waals surface area contributed by atoms with Gasteiger partial charge in [0.15, 0.2) is 0 Å². The summed E-state index contributed by atoms with van der Waals surface area (Å²) < 4.78 is 0. The Morgan fingerprint density at radius 1 is 1.00 bits per heavy atom. The van der Waals surface area contributed by atoms with Gasteiger partial charge >= 0.3 is 0 Å². The van der Waals surface area contributed by atoms with Crippen molar-refractivity contribution in [1.82, 2.24) is 0 Å². The first-order chi connectivity index (χ1) is 6.36. The summed E-state index contributed by atoms with van der Waals surface area (Å²) in [7, 11) is 0. The first-order valence-corrected chi connectivity index (χ1v) is 4.56. The van der Waals surface area contributed by atoms with E-state index < -0.39 is 0 Å². The highest BCUT2D eigenvalue weighted by molar-refractivity contribution is 5.52. The van der Waals surface area contributed by atoms with Crippen LogP contribution in [0.1, 0.15) is 6.92 Å². The number of benzene rings is 1. The molecule has 0 amide bonds. The topological polar surface area (TPSA) is 3.24 Å². The molecular formula is C12H13N. The molecule has 1 aromatic carbocycles. The van der Waals surface area contributed by atoms with Gasteiger partial charge in [0, 0.05) is 18.1 Å². The number of hydrogen-bond donors (Lipinski definition) is 0. The third kappa shape index (κ3) is 1.81. The van der Waals surface area contributed by atoms with Gasteiger partial charge < -0.3 is 4.90 Å². The predicted molar refractivity (Wildman–Crippen MR) is 56.4 cm³/mol.